The third-order valence-electron chi connectivity index (χ3n) is 3.92. The van der Waals surface area contributed by atoms with Crippen molar-refractivity contribution in [3.05, 3.63) is 65.4 Å². The minimum absolute atomic E-state index is 0.328. The molecule has 1 aromatic heterocycles. The molecule has 3 rings (SSSR count). The van der Waals surface area contributed by atoms with E-state index in [1.54, 1.807) is 13.1 Å². The Hall–Kier alpha value is -2.88. The normalized spacial score (nSPS) is 10.6. The first kappa shape index (κ1) is 16.0. The minimum Gasteiger partial charge on any atom is -0.462 e. The molecule has 0 aliphatic heterocycles. The van der Waals surface area contributed by atoms with Crippen LogP contribution in [0, 0.1) is 13.8 Å². The number of hydrogen-bond donors (Lipinski definition) is 1. The molecule has 1 N–H and O–H groups in total. The molecule has 4 nitrogen and oxygen atoms in total. The summed E-state index contributed by atoms with van der Waals surface area (Å²) in [7, 11) is 0. The highest BCUT2D eigenvalue weighted by Gasteiger charge is 2.17. The van der Waals surface area contributed by atoms with E-state index in [-0.39, 0.29) is 5.97 Å². The lowest BCUT2D eigenvalue weighted by Crippen LogP contribution is -2.09. The Morgan fingerprint density at radius 3 is 2.71 bits per heavy atom. The molecule has 3 aromatic rings. The SMILES string of the molecule is CCOC(=O)c1cnc2ccc(C)cc2c1Nc1ccccc1C. The number of pyridine rings is 1. The van der Waals surface area contributed by atoms with Gasteiger partial charge in [0.1, 0.15) is 5.56 Å². The van der Waals surface area contributed by atoms with Crippen LogP contribution in [0.15, 0.2) is 48.7 Å². The van der Waals surface area contributed by atoms with Gasteiger partial charge >= 0.3 is 5.97 Å². The highest BCUT2D eigenvalue weighted by Crippen LogP contribution is 2.31. The van der Waals surface area contributed by atoms with Crippen molar-refractivity contribution >= 4 is 28.2 Å². The first-order valence-electron chi connectivity index (χ1n) is 7.99. The predicted molar refractivity (Wildman–Crippen MR) is 96.9 cm³/mol. The molecule has 0 saturated carbocycles. The summed E-state index contributed by atoms with van der Waals surface area (Å²) in [5, 5.41) is 4.32. The fourth-order valence-corrected chi connectivity index (χ4v) is 2.65. The molecule has 0 saturated heterocycles. The standard InChI is InChI=1S/C20H20N2O2/c1-4-24-20(23)16-12-21-18-10-9-13(2)11-15(18)19(16)22-17-8-6-5-7-14(17)3/h5-12H,4H2,1-3H3,(H,21,22). The minimum atomic E-state index is -0.371. The maximum absolute atomic E-state index is 12.4. The van der Waals surface area contributed by atoms with E-state index in [1.807, 2.05) is 56.3 Å². The smallest absolute Gasteiger partial charge is 0.341 e. The summed E-state index contributed by atoms with van der Waals surface area (Å²) in [6, 6.07) is 14.0. The van der Waals surface area contributed by atoms with E-state index in [4.69, 9.17) is 4.74 Å². The van der Waals surface area contributed by atoms with Crippen molar-refractivity contribution in [2.24, 2.45) is 0 Å². The molecule has 0 aliphatic carbocycles. The summed E-state index contributed by atoms with van der Waals surface area (Å²) < 4.78 is 5.20. The van der Waals surface area contributed by atoms with Crippen molar-refractivity contribution in [2.45, 2.75) is 20.8 Å². The molecule has 0 spiro atoms. The topological polar surface area (TPSA) is 51.2 Å². The largest absolute Gasteiger partial charge is 0.462 e. The summed E-state index contributed by atoms with van der Waals surface area (Å²) in [4.78, 5) is 16.8. The van der Waals surface area contributed by atoms with E-state index < -0.39 is 0 Å². The van der Waals surface area contributed by atoms with E-state index >= 15 is 0 Å². The van der Waals surface area contributed by atoms with E-state index in [1.165, 1.54) is 0 Å². The molecule has 4 heteroatoms. The van der Waals surface area contributed by atoms with Gasteiger partial charge in [-0.2, -0.15) is 0 Å². The number of aryl methyl sites for hydroxylation is 2. The van der Waals surface area contributed by atoms with Crippen molar-refractivity contribution in [1.82, 2.24) is 4.98 Å². The third-order valence-corrected chi connectivity index (χ3v) is 3.92. The molecular weight excluding hydrogens is 300 g/mol. The summed E-state index contributed by atoms with van der Waals surface area (Å²) in [6.07, 6.45) is 1.58. The molecule has 0 atom stereocenters. The van der Waals surface area contributed by atoms with E-state index in [0.717, 1.165) is 33.4 Å². The predicted octanol–water partition coefficient (Wildman–Crippen LogP) is 4.77. The molecule has 0 amide bonds. The molecule has 1 heterocycles. The highest BCUT2D eigenvalue weighted by molar-refractivity contribution is 6.06. The highest BCUT2D eigenvalue weighted by atomic mass is 16.5. The van der Waals surface area contributed by atoms with Gasteiger partial charge in [-0.3, -0.25) is 4.98 Å². The average Bonchev–Trinajstić information content (AvgIpc) is 2.57. The van der Waals surface area contributed by atoms with Crippen LogP contribution in [0.5, 0.6) is 0 Å². The Balaban J connectivity index is 2.20. The van der Waals surface area contributed by atoms with Crippen molar-refractivity contribution < 1.29 is 9.53 Å². The molecular formula is C20H20N2O2. The number of carbonyl (C=O) groups excluding carboxylic acids is 1. The van der Waals surface area contributed by atoms with Crippen LogP contribution < -0.4 is 5.32 Å². The second kappa shape index (κ2) is 6.71. The van der Waals surface area contributed by atoms with Gasteiger partial charge in [0.25, 0.3) is 0 Å². The molecule has 0 radical (unpaired) electrons. The Labute approximate surface area is 141 Å². The van der Waals surface area contributed by atoms with Crippen LogP contribution in [-0.4, -0.2) is 17.6 Å². The Morgan fingerprint density at radius 1 is 1.17 bits per heavy atom. The number of aromatic nitrogens is 1. The average molecular weight is 320 g/mol. The third kappa shape index (κ3) is 3.08. The van der Waals surface area contributed by atoms with Gasteiger partial charge in [-0.15, -0.1) is 0 Å². The quantitative estimate of drug-likeness (QED) is 0.703. The zero-order valence-corrected chi connectivity index (χ0v) is 14.1. The molecule has 0 unspecified atom stereocenters. The number of benzene rings is 2. The van der Waals surface area contributed by atoms with Crippen molar-refractivity contribution in [1.29, 1.82) is 0 Å². The molecule has 0 bridgehead atoms. The summed E-state index contributed by atoms with van der Waals surface area (Å²) in [6.45, 7) is 6.18. The van der Waals surface area contributed by atoms with Crippen LogP contribution in [0.2, 0.25) is 0 Å². The second-order valence-electron chi connectivity index (χ2n) is 5.73. The molecule has 0 aliphatic rings. The lowest BCUT2D eigenvalue weighted by Gasteiger charge is -2.16. The Morgan fingerprint density at radius 2 is 1.96 bits per heavy atom. The lowest BCUT2D eigenvalue weighted by molar-refractivity contribution is 0.0527. The Bertz CT molecular complexity index is 903. The first-order chi connectivity index (χ1) is 11.6. The van der Waals surface area contributed by atoms with Gasteiger partial charge in [-0.1, -0.05) is 29.8 Å². The zero-order valence-electron chi connectivity index (χ0n) is 14.1. The first-order valence-corrected chi connectivity index (χ1v) is 7.99. The van der Waals surface area contributed by atoms with Crippen LogP contribution in [0.3, 0.4) is 0 Å². The van der Waals surface area contributed by atoms with Crippen LogP contribution in [-0.2, 0) is 4.74 Å². The van der Waals surface area contributed by atoms with Crippen molar-refractivity contribution in [2.75, 3.05) is 11.9 Å². The van der Waals surface area contributed by atoms with Crippen LogP contribution in [0.25, 0.3) is 10.9 Å². The zero-order chi connectivity index (χ0) is 17.1. The number of rotatable bonds is 4. The van der Waals surface area contributed by atoms with Crippen molar-refractivity contribution in [3.8, 4) is 0 Å². The fourth-order valence-electron chi connectivity index (χ4n) is 2.65. The van der Waals surface area contributed by atoms with E-state index in [2.05, 4.69) is 10.3 Å². The molecule has 24 heavy (non-hydrogen) atoms. The monoisotopic (exact) mass is 320 g/mol. The summed E-state index contributed by atoms with van der Waals surface area (Å²) in [5.41, 5.74) is 5.18. The number of nitrogens with one attached hydrogen (secondary N) is 1. The number of hydrogen-bond acceptors (Lipinski definition) is 4. The lowest BCUT2D eigenvalue weighted by atomic mass is 10.1. The number of fused-ring (bicyclic) bond motifs is 1. The van der Waals surface area contributed by atoms with Crippen LogP contribution in [0.4, 0.5) is 11.4 Å². The molecule has 2 aromatic carbocycles. The number of carbonyl (C=O) groups is 1. The van der Waals surface area contributed by atoms with E-state index in [9.17, 15) is 4.79 Å². The van der Waals surface area contributed by atoms with Crippen LogP contribution in [0.1, 0.15) is 28.4 Å². The van der Waals surface area contributed by atoms with Gasteiger partial charge in [-0.05, 0) is 44.5 Å². The van der Waals surface area contributed by atoms with Gasteiger partial charge in [0.05, 0.1) is 17.8 Å². The number of esters is 1. The fraction of sp³-hybridized carbons (Fsp3) is 0.200. The summed E-state index contributed by atoms with van der Waals surface area (Å²) >= 11 is 0. The van der Waals surface area contributed by atoms with E-state index in [0.29, 0.717) is 12.2 Å². The molecule has 0 fully saturated rings. The Kier molecular flexibility index (Phi) is 4.47. The number of ether oxygens (including phenoxy) is 1. The number of nitrogens with zero attached hydrogens (tertiary/aromatic N) is 1. The van der Waals surface area contributed by atoms with Gasteiger partial charge in [0, 0.05) is 17.3 Å². The van der Waals surface area contributed by atoms with Gasteiger partial charge in [0.2, 0.25) is 0 Å². The maximum atomic E-state index is 12.4. The maximum Gasteiger partial charge on any atom is 0.341 e. The summed E-state index contributed by atoms with van der Waals surface area (Å²) in [5.74, 6) is -0.371. The van der Waals surface area contributed by atoms with Crippen molar-refractivity contribution in [3.63, 3.8) is 0 Å². The van der Waals surface area contributed by atoms with Gasteiger partial charge in [0.15, 0.2) is 0 Å². The van der Waals surface area contributed by atoms with Gasteiger partial charge in [-0.25, -0.2) is 4.79 Å². The molecule has 122 valence electrons. The van der Waals surface area contributed by atoms with Crippen LogP contribution >= 0.6 is 0 Å². The number of para-hydroxylation sites is 1. The number of anilines is 2. The second-order valence-corrected chi connectivity index (χ2v) is 5.73. The van der Waals surface area contributed by atoms with Gasteiger partial charge < -0.3 is 10.1 Å².